The van der Waals surface area contributed by atoms with Gasteiger partial charge in [0.05, 0.1) is 17.7 Å². The molecule has 1 aromatic carbocycles. The van der Waals surface area contributed by atoms with Gasteiger partial charge in [-0.15, -0.1) is 0 Å². The predicted molar refractivity (Wildman–Crippen MR) is 92.3 cm³/mol. The molecule has 3 rings (SSSR count). The Bertz CT molecular complexity index is 741. The van der Waals surface area contributed by atoms with E-state index in [1.807, 2.05) is 36.4 Å². The number of hydrogen-bond acceptors (Lipinski definition) is 4. The molecule has 1 N–H and O–H groups in total. The van der Waals surface area contributed by atoms with Gasteiger partial charge in [0.1, 0.15) is 5.76 Å². The van der Waals surface area contributed by atoms with Crippen LogP contribution in [0.15, 0.2) is 47.1 Å². The molecule has 0 spiro atoms. The molecule has 0 amide bonds. The SMILES string of the molecule is CC(CCc1ccco1)Nc1cccc(N2CCCS2(=O)=O)c1. The number of anilines is 2. The van der Waals surface area contributed by atoms with E-state index in [-0.39, 0.29) is 11.8 Å². The summed E-state index contributed by atoms with van der Waals surface area (Å²) in [4.78, 5) is 0. The second-order valence-electron chi connectivity index (χ2n) is 5.96. The zero-order chi connectivity index (χ0) is 16.3. The highest BCUT2D eigenvalue weighted by molar-refractivity contribution is 7.93. The van der Waals surface area contributed by atoms with Gasteiger partial charge in [-0.25, -0.2) is 8.42 Å². The predicted octanol–water partition coefficient (Wildman–Crippen LogP) is 3.25. The Kier molecular flexibility index (Phi) is 4.61. The normalized spacial score (nSPS) is 18.0. The molecule has 1 unspecified atom stereocenters. The first kappa shape index (κ1) is 15.9. The Labute approximate surface area is 137 Å². The Balaban J connectivity index is 1.63. The van der Waals surface area contributed by atoms with Crippen molar-refractivity contribution in [1.29, 1.82) is 0 Å². The van der Waals surface area contributed by atoms with Crippen LogP contribution in [-0.4, -0.2) is 26.8 Å². The van der Waals surface area contributed by atoms with Gasteiger partial charge >= 0.3 is 0 Å². The molecule has 0 aliphatic carbocycles. The third kappa shape index (κ3) is 3.88. The summed E-state index contributed by atoms with van der Waals surface area (Å²) in [6, 6.07) is 11.8. The van der Waals surface area contributed by atoms with Crippen molar-refractivity contribution in [3.8, 4) is 0 Å². The van der Waals surface area contributed by atoms with E-state index in [2.05, 4.69) is 12.2 Å². The van der Waals surface area contributed by atoms with Gasteiger partial charge in [0.25, 0.3) is 0 Å². The molecule has 0 saturated carbocycles. The van der Waals surface area contributed by atoms with Crippen molar-refractivity contribution < 1.29 is 12.8 Å². The van der Waals surface area contributed by atoms with Gasteiger partial charge in [-0.05, 0) is 50.1 Å². The number of rotatable bonds is 6. The summed E-state index contributed by atoms with van der Waals surface area (Å²) in [5.74, 6) is 1.22. The van der Waals surface area contributed by atoms with Crippen LogP contribution in [0.3, 0.4) is 0 Å². The molecule has 23 heavy (non-hydrogen) atoms. The summed E-state index contributed by atoms with van der Waals surface area (Å²) >= 11 is 0. The average molecular weight is 334 g/mol. The minimum Gasteiger partial charge on any atom is -0.469 e. The highest BCUT2D eigenvalue weighted by Crippen LogP contribution is 2.26. The molecule has 1 aliphatic rings. The summed E-state index contributed by atoms with van der Waals surface area (Å²) in [5.41, 5.74) is 1.68. The maximum Gasteiger partial charge on any atom is 0.235 e. The highest BCUT2D eigenvalue weighted by atomic mass is 32.2. The topological polar surface area (TPSA) is 62.6 Å². The summed E-state index contributed by atoms with van der Waals surface area (Å²) in [5, 5.41) is 3.43. The van der Waals surface area contributed by atoms with Crippen LogP contribution in [0.2, 0.25) is 0 Å². The van der Waals surface area contributed by atoms with Gasteiger partial charge in [-0.3, -0.25) is 4.31 Å². The van der Waals surface area contributed by atoms with Gasteiger partial charge < -0.3 is 9.73 Å². The number of sulfonamides is 1. The first-order valence-electron chi connectivity index (χ1n) is 7.94. The van der Waals surface area contributed by atoms with Crippen LogP contribution in [-0.2, 0) is 16.4 Å². The highest BCUT2D eigenvalue weighted by Gasteiger charge is 2.28. The van der Waals surface area contributed by atoms with Gasteiger partial charge in [-0.1, -0.05) is 6.07 Å². The zero-order valence-corrected chi connectivity index (χ0v) is 14.1. The number of nitrogens with zero attached hydrogens (tertiary/aromatic N) is 1. The average Bonchev–Trinajstić information content (AvgIpc) is 3.14. The largest absolute Gasteiger partial charge is 0.469 e. The lowest BCUT2D eigenvalue weighted by molar-refractivity contribution is 0.495. The summed E-state index contributed by atoms with van der Waals surface area (Å²) < 4.78 is 30.9. The lowest BCUT2D eigenvalue weighted by Gasteiger charge is -2.20. The van der Waals surface area contributed by atoms with Gasteiger partial charge in [0.15, 0.2) is 0 Å². The fraction of sp³-hybridized carbons (Fsp3) is 0.412. The fourth-order valence-electron chi connectivity index (χ4n) is 2.85. The minimum atomic E-state index is -3.13. The molecular weight excluding hydrogens is 312 g/mol. The number of aryl methyl sites for hydroxylation is 1. The maximum absolute atomic E-state index is 12.0. The summed E-state index contributed by atoms with van der Waals surface area (Å²) in [6.07, 6.45) is 4.20. The van der Waals surface area contributed by atoms with Crippen molar-refractivity contribution in [2.24, 2.45) is 0 Å². The lowest BCUT2D eigenvalue weighted by atomic mass is 10.1. The van der Waals surface area contributed by atoms with Crippen LogP contribution in [0, 0.1) is 0 Å². The smallest absolute Gasteiger partial charge is 0.235 e. The molecule has 1 aliphatic heterocycles. The first-order chi connectivity index (χ1) is 11.0. The molecular formula is C17H22N2O3S. The summed E-state index contributed by atoms with van der Waals surface area (Å²) in [7, 11) is -3.13. The Morgan fingerprint density at radius 2 is 2.17 bits per heavy atom. The quantitative estimate of drug-likeness (QED) is 0.881. The van der Waals surface area contributed by atoms with E-state index in [4.69, 9.17) is 4.42 Å². The van der Waals surface area contributed by atoms with E-state index in [0.717, 1.165) is 30.0 Å². The molecule has 0 radical (unpaired) electrons. The van der Waals surface area contributed by atoms with Gasteiger partial charge in [-0.2, -0.15) is 0 Å². The van der Waals surface area contributed by atoms with E-state index in [1.165, 1.54) is 4.31 Å². The minimum absolute atomic E-state index is 0.240. The molecule has 2 heterocycles. The number of nitrogens with one attached hydrogen (secondary N) is 1. The monoisotopic (exact) mass is 334 g/mol. The Morgan fingerprint density at radius 1 is 1.30 bits per heavy atom. The molecule has 124 valence electrons. The molecule has 5 nitrogen and oxygen atoms in total. The number of hydrogen-bond donors (Lipinski definition) is 1. The first-order valence-corrected chi connectivity index (χ1v) is 9.55. The molecule has 0 bridgehead atoms. The Hall–Kier alpha value is -1.95. The second-order valence-corrected chi connectivity index (χ2v) is 7.97. The molecule has 6 heteroatoms. The van der Waals surface area contributed by atoms with Gasteiger partial charge in [0, 0.05) is 24.7 Å². The molecule has 2 aromatic rings. The summed E-state index contributed by atoms with van der Waals surface area (Å²) in [6.45, 7) is 2.68. The van der Waals surface area contributed by atoms with Crippen LogP contribution >= 0.6 is 0 Å². The van der Waals surface area contributed by atoms with Crippen molar-refractivity contribution in [2.45, 2.75) is 32.2 Å². The third-order valence-corrected chi connectivity index (χ3v) is 5.92. The standard InChI is InChI=1S/C17H22N2O3S/c1-14(8-9-17-7-3-11-22-17)18-15-5-2-6-16(13-15)19-10-4-12-23(19,20)21/h2-3,5-7,11,13-14,18H,4,8-10,12H2,1H3. The van der Waals surface area contributed by atoms with E-state index in [1.54, 1.807) is 6.26 Å². The third-order valence-electron chi connectivity index (χ3n) is 4.05. The van der Waals surface area contributed by atoms with Crippen LogP contribution in [0.5, 0.6) is 0 Å². The molecule has 1 fully saturated rings. The lowest BCUT2D eigenvalue weighted by Crippen LogP contribution is -2.25. The van der Waals surface area contributed by atoms with Crippen LogP contribution in [0.4, 0.5) is 11.4 Å². The van der Waals surface area contributed by atoms with Crippen molar-refractivity contribution in [3.05, 3.63) is 48.4 Å². The maximum atomic E-state index is 12.0. The van der Waals surface area contributed by atoms with E-state index < -0.39 is 10.0 Å². The second kappa shape index (κ2) is 6.66. The zero-order valence-electron chi connectivity index (χ0n) is 13.2. The molecule has 1 atom stereocenters. The number of furan rings is 1. The Morgan fingerprint density at radius 3 is 2.87 bits per heavy atom. The van der Waals surface area contributed by atoms with E-state index >= 15 is 0 Å². The van der Waals surface area contributed by atoms with Crippen LogP contribution in [0.1, 0.15) is 25.5 Å². The van der Waals surface area contributed by atoms with Crippen molar-refractivity contribution in [3.63, 3.8) is 0 Å². The van der Waals surface area contributed by atoms with E-state index in [0.29, 0.717) is 13.0 Å². The molecule has 1 aromatic heterocycles. The van der Waals surface area contributed by atoms with Crippen molar-refractivity contribution in [2.75, 3.05) is 21.9 Å². The molecule has 1 saturated heterocycles. The van der Waals surface area contributed by atoms with Crippen molar-refractivity contribution in [1.82, 2.24) is 0 Å². The van der Waals surface area contributed by atoms with E-state index in [9.17, 15) is 8.42 Å². The van der Waals surface area contributed by atoms with Crippen LogP contribution < -0.4 is 9.62 Å². The van der Waals surface area contributed by atoms with Crippen molar-refractivity contribution >= 4 is 21.4 Å². The van der Waals surface area contributed by atoms with Crippen LogP contribution in [0.25, 0.3) is 0 Å². The van der Waals surface area contributed by atoms with Gasteiger partial charge in [0.2, 0.25) is 10.0 Å². The number of benzene rings is 1. The fourth-order valence-corrected chi connectivity index (χ4v) is 4.41.